The molecule has 1 amide bonds. The molecule has 0 aliphatic rings. The first-order valence-electron chi connectivity index (χ1n) is 8.19. The quantitative estimate of drug-likeness (QED) is 0.845. The Balaban J connectivity index is 1.97. The van der Waals surface area contributed by atoms with E-state index < -0.39 is 0 Å². The van der Waals surface area contributed by atoms with Gasteiger partial charge in [-0.3, -0.25) is 10.1 Å². The van der Waals surface area contributed by atoms with Gasteiger partial charge in [-0.15, -0.1) is 0 Å². The third-order valence-corrected chi connectivity index (χ3v) is 4.50. The number of aryl methyl sites for hydroxylation is 1. The van der Waals surface area contributed by atoms with Crippen molar-refractivity contribution in [2.75, 3.05) is 7.05 Å². The van der Waals surface area contributed by atoms with Crippen LogP contribution in [0.25, 0.3) is 0 Å². The van der Waals surface area contributed by atoms with Crippen LogP contribution in [0, 0.1) is 6.92 Å². The van der Waals surface area contributed by atoms with E-state index in [1.54, 1.807) is 4.90 Å². The number of halogens is 1. The Morgan fingerprint density at radius 2 is 1.88 bits per heavy atom. The Morgan fingerprint density at radius 3 is 2.54 bits per heavy atom. The average Bonchev–Trinajstić information content (AvgIpc) is 2.56. The Hall–Kier alpha value is -1.84. The molecule has 2 aromatic carbocycles. The first kappa shape index (κ1) is 18.5. The van der Waals surface area contributed by atoms with Crippen molar-refractivity contribution in [3.05, 3.63) is 70.2 Å². The van der Waals surface area contributed by atoms with Gasteiger partial charge in [0, 0.05) is 24.7 Å². The molecule has 0 bridgehead atoms. The maximum atomic E-state index is 12.6. The molecule has 24 heavy (non-hydrogen) atoms. The number of benzene rings is 2. The van der Waals surface area contributed by atoms with Gasteiger partial charge < -0.3 is 4.90 Å². The highest BCUT2D eigenvalue weighted by Crippen LogP contribution is 2.18. The standard InChI is InChI=1S/C20H25ClN2O/c1-14-8-5-6-9-18(14)13-23(4)20(24)16(3)22-15(2)17-10-7-11-19(21)12-17/h5-12,15-16,22H,13H2,1-4H3. The molecule has 0 aliphatic heterocycles. The highest BCUT2D eigenvalue weighted by Gasteiger charge is 2.20. The van der Waals surface area contributed by atoms with Crippen LogP contribution in [-0.2, 0) is 11.3 Å². The monoisotopic (exact) mass is 344 g/mol. The Labute approximate surface area is 149 Å². The second-order valence-electron chi connectivity index (χ2n) is 6.29. The fraction of sp³-hybridized carbons (Fsp3) is 0.350. The highest BCUT2D eigenvalue weighted by atomic mass is 35.5. The van der Waals surface area contributed by atoms with Crippen LogP contribution in [0.5, 0.6) is 0 Å². The molecule has 0 heterocycles. The Kier molecular flexibility index (Phi) is 6.41. The van der Waals surface area contributed by atoms with E-state index in [4.69, 9.17) is 11.6 Å². The third-order valence-electron chi connectivity index (χ3n) is 4.26. The van der Waals surface area contributed by atoms with Crippen LogP contribution >= 0.6 is 11.6 Å². The van der Waals surface area contributed by atoms with Crippen molar-refractivity contribution in [3.63, 3.8) is 0 Å². The zero-order valence-corrected chi connectivity index (χ0v) is 15.5. The lowest BCUT2D eigenvalue weighted by Gasteiger charge is -2.25. The van der Waals surface area contributed by atoms with Gasteiger partial charge in [0.2, 0.25) is 5.91 Å². The fourth-order valence-corrected chi connectivity index (χ4v) is 2.97. The van der Waals surface area contributed by atoms with E-state index in [0.717, 1.165) is 5.56 Å². The molecule has 2 unspecified atom stereocenters. The molecule has 2 aromatic rings. The lowest BCUT2D eigenvalue weighted by atomic mass is 10.1. The van der Waals surface area contributed by atoms with Crippen molar-refractivity contribution in [3.8, 4) is 0 Å². The van der Waals surface area contributed by atoms with E-state index in [1.807, 2.05) is 57.3 Å². The summed E-state index contributed by atoms with van der Waals surface area (Å²) in [6.45, 7) is 6.62. The number of nitrogens with zero attached hydrogens (tertiary/aromatic N) is 1. The molecule has 2 atom stereocenters. The average molecular weight is 345 g/mol. The smallest absolute Gasteiger partial charge is 0.239 e. The maximum absolute atomic E-state index is 12.6. The minimum Gasteiger partial charge on any atom is -0.340 e. The van der Waals surface area contributed by atoms with Gasteiger partial charge in [-0.2, -0.15) is 0 Å². The van der Waals surface area contributed by atoms with E-state index in [1.165, 1.54) is 11.1 Å². The summed E-state index contributed by atoms with van der Waals surface area (Å²) in [6, 6.07) is 15.6. The Bertz CT molecular complexity index is 702. The van der Waals surface area contributed by atoms with Gasteiger partial charge in [0.1, 0.15) is 0 Å². The van der Waals surface area contributed by atoms with E-state index in [0.29, 0.717) is 11.6 Å². The number of nitrogens with one attached hydrogen (secondary N) is 1. The van der Waals surface area contributed by atoms with E-state index in [9.17, 15) is 4.79 Å². The molecule has 0 saturated carbocycles. The van der Waals surface area contributed by atoms with Gasteiger partial charge in [0.25, 0.3) is 0 Å². The first-order valence-corrected chi connectivity index (χ1v) is 8.57. The van der Waals surface area contributed by atoms with Crippen molar-refractivity contribution >= 4 is 17.5 Å². The molecule has 128 valence electrons. The van der Waals surface area contributed by atoms with Crippen LogP contribution in [0.2, 0.25) is 5.02 Å². The number of hydrogen-bond donors (Lipinski definition) is 1. The molecule has 2 rings (SSSR count). The van der Waals surface area contributed by atoms with Gasteiger partial charge in [-0.05, 0) is 49.6 Å². The molecule has 3 nitrogen and oxygen atoms in total. The van der Waals surface area contributed by atoms with Gasteiger partial charge >= 0.3 is 0 Å². The summed E-state index contributed by atoms with van der Waals surface area (Å²) in [7, 11) is 1.84. The topological polar surface area (TPSA) is 32.3 Å². The SMILES string of the molecule is Cc1ccccc1CN(C)C(=O)C(C)NC(C)c1cccc(Cl)c1. The predicted molar refractivity (Wildman–Crippen MR) is 100 cm³/mol. The second-order valence-corrected chi connectivity index (χ2v) is 6.72. The molecular formula is C20H25ClN2O. The van der Waals surface area contributed by atoms with Crippen LogP contribution in [0.4, 0.5) is 0 Å². The van der Waals surface area contributed by atoms with Crippen molar-refractivity contribution in [1.29, 1.82) is 0 Å². The van der Waals surface area contributed by atoms with Crippen molar-refractivity contribution in [2.45, 2.75) is 39.4 Å². The zero-order chi connectivity index (χ0) is 17.7. The minimum absolute atomic E-state index is 0.0505. The normalized spacial score (nSPS) is 13.4. The molecular weight excluding hydrogens is 320 g/mol. The summed E-state index contributed by atoms with van der Waals surface area (Å²) < 4.78 is 0. The third kappa shape index (κ3) is 4.83. The number of carbonyl (C=O) groups excluding carboxylic acids is 1. The molecule has 4 heteroatoms. The highest BCUT2D eigenvalue weighted by molar-refractivity contribution is 6.30. The van der Waals surface area contributed by atoms with E-state index in [2.05, 4.69) is 24.4 Å². The second kappa shape index (κ2) is 8.32. The largest absolute Gasteiger partial charge is 0.340 e. The van der Waals surface area contributed by atoms with Gasteiger partial charge in [0.05, 0.1) is 6.04 Å². The van der Waals surface area contributed by atoms with Gasteiger partial charge in [-0.1, -0.05) is 48.0 Å². The molecule has 0 fully saturated rings. The maximum Gasteiger partial charge on any atom is 0.239 e. The van der Waals surface area contributed by atoms with Crippen LogP contribution < -0.4 is 5.32 Å². The summed E-state index contributed by atoms with van der Waals surface area (Å²) in [6.07, 6.45) is 0. The lowest BCUT2D eigenvalue weighted by molar-refractivity contribution is -0.132. The minimum atomic E-state index is -0.270. The fourth-order valence-electron chi connectivity index (χ4n) is 2.77. The van der Waals surface area contributed by atoms with Crippen LogP contribution in [0.15, 0.2) is 48.5 Å². The number of carbonyl (C=O) groups is 1. The predicted octanol–water partition coefficient (Wildman–Crippen LogP) is 4.35. The number of hydrogen-bond acceptors (Lipinski definition) is 2. The summed E-state index contributed by atoms with van der Waals surface area (Å²) in [4.78, 5) is 14.4. The zero-order valence-electron chi connectivity index (χ0n) is 14.7. The lowest BCUT2D eigenvalue weighted by Crippen LogP contribution is -2.43. The molecule has 0 aliphatic carbocycles. The number of rotatable bonds is 6. The number of likely N-dealkylation sites (N-methyl/N-ethyl adjacent to an activating group) is 1. The van der Waals surface area contributed by atoms with Crippen LogP contribution in [0.3, 0.4) is 0 Å². The summed E-state index contributed by atoms with van der Waals surface area (Å²) in [5.74, 6) is 0.0760. The van der Waals surface area contributed by atoms with Crippen LogP contribution in [-0.4, -0.2) is 23.9 Å². The molecule has 0 spiro atoms. The van der Waals surface area contributed by atoms with Crippen molar-refractivity contribution < 1.29 is 4.79 Å². The van der Waals surface area contributed by atoms with Crippen molar-refractivity contribution in [2.24, 2.45) is 0 Å². The molecule has 0 aromatic heterocycles. The van der Waals surface area contributed by atoms with E-state index >= 15 is 0 Å². The van der Waals surface area contributed by atoms with Crippen molar-refractivity contribution in [1.82, 2.24) is 10.2 Å². The van der Waals surface area contributed by atoms with Gasteiger partial charge in [0.15, 0.2) is 0 Å². The summed E-state index contributed by atoms with van der Waals surface area (Å²) in [5, 5.41) is 4.06. The molecule has 0 saturated heterocycles. The van der Waals surface area contributed by atoms with E-state index in [-0.39, 0.29) is 18.0 Å². The number of amides is 1. The Morgan fingerprint density at radius 1 is 1.17 bits per heavy atom. The molecule has 1 N–H and O–H groups in total. The van der Waals surface area contributed by atoms with Gasteiger partial charge in [-0.25, -0.2) is 0 Å². The summed E-state index contributed by atoms with van der Waals surface area (Å²) in [5.41, 5.74) is 3.44. The molecule has 0 radical (unpaired) electrons. The first-order chi connectivity index (χ1) is 11.4. The summed E-state index contributed by atoms with van der Waals surface area (Å²) >= 11 is 6.04. The van der Waals surface area contributed by atoms with Crippen LogP contribution in [0.1, 0.15) is 36.6 Å².